The molecule has 10 nitrogen and oxygen atoms in total. The van der Waals surface area contributed by atoms with Crippen molar-refractivity contribution in [3.8, 4) is 5.75 Å². The number of nitrogen functional groups attached to an aromatic ring is 1. The Morgan fingerprint density at radius 3 is 2.68 bits per heavy atom. The zero-order valence-corrected chi connectivity index (χ0v) is 22.1. The maximum absolute atomic E-state index is 9.16. The van der Waals surface area contributed by atoms with Gasteiger partial charge in [0.1, 0.15) is 16.8 Å². The van der Waals surface area contributed by atoms with Gasteiger partial charge >= 0.3 is 0 Å². The van der Waals surface area contributed by atoms with Crippen molar-refractivity contribution >= 4 is 22.8 Å². The van der Waals surface area contributed by atoms with Gasteiger partial charge in [0.05, 0.1) is 26.5 Å². The van der Waals surface area contributed by atoms with Gasteiger partial charge in [-0.25, -0.2) is 4.98 Å². The summed E-state index contributed by atoms with van der Waals surface area (Å²) in [5.74, 6) is 1.83. The molecule has 2 aliphatic heterocycles. The molecule has 1 spiro atoms. The Kier molecular flexibility index (Phi) is 7.78. The summed E-state index contributed by atoms with van der Waals surface area (Å²) in [4.78, 5) is 13.7. The van der Waals surface area contributed by atoms with Crippen LogP contribution in [-0.2, 0) is 13.1 Å². The highest BCUT2D eigenvalue weighted by Crippen LogP contribution is 2.40. The van der Waals surface area contributed by atoms with Gasteiger partial charge in [0, 0.05) is 38.3 Å². The first-order valence-corrected chi connectivity index (χ1v) is 13.5. The van der Waals surface area contributed by atoms with E-state index >= 15 is 0 Å². The summed E-state index contributed by atoms with van der Waals surface area (Å²) >= 11 is 0. The van der Waals surface area contributed by atoms with E-state index in [0.29, 0.717) is 12.0 Å². The Bertz CT molecular complexity index is 1200. The molecule has 2 saturated heterocycles. The highest BCUT2D eigenvalue weighted by Gasteiger charge is 2.44. The fourth-order valence-electron chi connectivity index (χ4n) is 5.78. The van der Waals surface area contributed by atoms with Crippen molar-refractivity contribution in [1.29, 1.82) is 0 Å². The lowest BCUT2D eigenvalue weighted by Crippen LogP contribution is -2.60. The van der Waals surface area contributed by atoms with Crippen molar-refractivity contribution < 1.29 is 9.84 Å². The molecule has 1 aromatic carbocycles. The van der Waals surface area contributed by atoms with E-state index in [2.05, 4.69) is 55.3 Å². The minimum Gasteiger partial charge on any atom is -0.496 e. The predicted octanol–water partition coefficient (Wildman–Crippen LogP) is 2.57. The maximum Gasteiger partial charge on any atom is 0.222 e. The summed E-state index contributed by atoms with van der Waals surface area (Å²) in [6.45, 7) is 10.0. The van der Waals surface area contributed by atoms with E-state index in [4.69, 9.17) is 15.6 Å². The van der Waals surface area contributed by atoms with E-state index in [1.807, 2.05) is 4.68 Å². The van der Waals surface area contributed by atoms with Crippen LogP contribution < -0.4 is 15.8 Å². The van der Waals surface area contributed by atoms with E-state index in [-0.39, 0.29) is 12.6 Å². The van der Waals surface area contributed by atoms with Crippen molar-refractivity contribution in [2.45, 2.75) is 45.7 Å². The van der Waals surface area contributed by atoms with Gasteiger partial charge in [-0.1, -0.05) is 25.5 Å². The molecule has 10 heteroatoms. The number of aromatic nitrogens is 4. The molecule has 2 fully saturated rings. The van der Waals surface area contributed by atoms with Gasteiger partial charge in [0.25, 0.3) is 0 Å². The molecule has 3 aromatic rings. The molecule has 0 saturated carbocycles. The molecule has 200 valence electrons. The lowest BCUT2D eigenvalue weighted by Gasteiger charge is -2.54. The number of β-amino-alcohol motifs (C(OH)–C–C–N with tert-alkyl or cyclic N) is 1. The number of benzene rings is 1. The van der Waals surface area contributed by atoms with E-state index in [1.54, 1.807) is 13.3 Å². The van der Waals surface area contributed by atoms with Gasteiger partial charge in [-0.05, 0) is 49.4 Å². The van der Waals surface area contributed by atoms with E-state index in [1.165, 1.54) is 18.4 Å². The van der Waals surface area contributed by atoms with Crippen LogP contribution in [0.4, 0.5) is 11.8 Å². The first kappa shape index (κ1) is 25.7. The highest BCUT2D eigenvalue weighted by molar-refractivity contribution is 5.86. The number of unbranched alkanes of at least 4 members (excludes halogenated alkanes) is 1. The van der Waals surface area contributed by atoms with Crippen LogP contribution in [0.3, 0.4) is 0 Å². The van der Waals surface area contributed by atoms with Crippen LogP contribution in [0.5, 0.6) is 5.75 Å². The summed E-state index contributed by atoms with van der Waals surface area (Å²) in [5.41, 5.74) is 10.3. The molecular formula is C27H40N8O2. The number of piperidine rings is 1. The van der Waals surface area contributed by atoms with E-state index < -0.39 is 0 Å². The number of hydrogen-bond acceptors (Lipinski definition) is 9. The average molecular weight is 509 g/mol. The number of rotatable bonds is 11. The number of methoxy groups -OCH3 is 1. The molecule has 0 atom stereocenters. The van der Waals surface area contributed by atoms with Gasteiger partial charge < -0.3 is 20.9 Å². The number of nitrogens with zero attached hydrogens (tertiary/aromatic N) is 6. The first-order chi connectivity index (χ1) is 18.0. The van der Waals surface area contributed by atoms with Crippen LogP contribution in [-0.4, -0.2) is 87.6 Å². The minimum atomic E-state index is 0.247. The monoisotopic (exact) mass is 508 g/mol. The van der Waals surface area contributed by atoms with Crippen LogP contribution in [0.2, 0.25) is 0 Å². The number of hydrogen-bond donors (Lipinski definition) is 3. The molecular weight excluding hydrogens is 468 g/mol. The summed E-state index contributed by atoms with van der Waals surface area (Å²) in [6, 6.07) is 6.51. The van der Waals surface area contributed by atoms with Crippen molar-refractivity contribution in [2.24, 2.45) is 5.41 Å². The summed E-state index contributed by atoms with van der Waals surface area (Å²) in [6.07, 6.45) is 6.36. The molecule has 2 aliphatic rings. The standard InChI is InChI=1S/C27H40N8O2/c1-3-4-9-29-25-24-22(31-26(28)32-25)15-30-35(24)17-21-6-5-20(14-23(21)37-2)16-33-10-7-27(8-11-33)18-34(19-27)12-13-36/h5-6,14-15,36H,3-4,7-13,16-19H2,1-2H3,(H3,28,29,31,32). The fourth-order valence-corrected chi connectivity index (χ4v) is 5.78. The second-order valence-electron chi connectivity index (χ2n) is 10.6. The number of anilines is 2. The molecule has 0 unspecified atom stereocenters. The zero-order valence-electron chi connectivity index (χ0n) is 22.1. The van der Waals surface area contributed by atoms with Crippen LogP contribution >= 0.6 is 0 Å². The molecule has 4 N–H and O–H groups in total. The Morgan fingerprint density at radius 2 is 1.95 bits per heavy atom. The molecule has 0 aliphatic carbocycles. The van der Waals surface area contributed by atoms with E-state index in [0.717, 1.165) is 86.8 Å². The molecule has 0 radical (unpaired) electrons. The molecule has 0 amide bonds. The predicted molar refractivity (Wildman–Crippen MR) is 146 cm³/mol. The molecule has 5 rings (SSSR count). The van der Waals surface area contributed by atoms with Gasteiger partial charge in [0.2, 0.25) is 5.95 Å². The Hall–Kier alpha value is -2.95. The SMILES string of the molecule is CCCCNc1nc(N)nc2cnn(Cc3ccc(CN4CCC5(CC4)CN(CCO)C5)cc3OC)c12. The smallest absolute Gasteiger partial charge is 0.222 e. The number of fused-ring (bicyclic) bond motifs is 1. The summed E-state index contributed by atoms with van der Waals surface area (Å²) in [7, 11) is 1.73. The molecule has 4 heterocycles. The average Bonchev–Trinajstić information content (AvgIpc) is 3.27. The Morgan fingerprint density at radius 1 is 1.14 bits per heavy atom. The van der Waals surface area contributed by atoms with Gasteiger partial charge in [-0.3, -0.25) is 14.5 Å². The number of nitrogens with two attached hydrogens (primary N) is 1. The number of nitrogens with one attached hydrogen (secondary N) is 1. The van der Waals surface area contributed by atoms with Crippen molar-refractivity contribution in [3.05, 3.63) is 35.5 Å². The molecule has 37 heavy (non-hydrogen) atoms. The van der Waals surface area contributed by atoms with Crippen molar-refractivity contribution in [2.75, 3.05) is 64.0 Å². The number of aliphatic hydroxyl groups excluding tert-OH is 1. The maximum atomic E-state index is 9.16. The Balaban J connectivity index is 1.25. The van der Waals surface area contributed by atoms with Gasteiger partial charge in [0.15, 0.2) is 5.82 Å². The van der Waals surface area contributed by atoms with Gasteiger partial charge in [-0.15, -0.1) is 0 Å². The van der Waals surface area contributed by atoms with E-state index in [9.17, 15) is 0 Å². The third kappa shape index (κ3) is 5.66. The topological polar surface area (TPSA) is 118 Å². The quantitative estimate of drug-likeness (QED) is 0.336. The highest BCUT2D eigenvalue weighted by atomic mass is 16.5. The van der Waals surface area contributed by atoms with Crippen LogP contribution in [0, 0.1) is 5.41 Å². The number of likely N-dealkylation sites (tertiary alicyclic amines) is 2. The largest absolute Gasteiger partial charge is 0.496 e. The lowest BCUT2D eigenvalue weighted by molar-refractivity contribution is -0.0531. The third-order valence-corrected chi connectivity index (χ3v) is 7.86. The van der Waals surface area contributed by atoms with Crippen molar-refractivity contribution in [1.82, 2.24) is 29.5 Å². The zero-order chi connectivity index (χ0) is 25.8. The van der Waals surface area contributed by atoms with Crippen molar-refractivity contribution in [3.63, 3.8) is 0 Å². The lowest BCUT2D eigenvalue weighted by atomic mass is 9.72. The first-order valence-electron chi connectivity index (χ1n) is 13.5. The second-order valence-corrected chi connectivity index (χ2v) is 10.6. The minimum absolute atomic E-state index is 0.247. The third-order valence-electron chi connectivity index (χ3n) is 7.86. The molecule has 2 aromatic heterocycles. The van der Waals surface area contributed by atoms with Crippen LogP contribution in [0.25, 0.3) is 11.0 Å². The molecule has 0 bridgehead atoms. The number of ether oxygens (including phenoxy) is 1. The fraction of sp³-hybridized carbons (Fsp3) is 0.593. The Labute approximate surface area is 218 Å². The number of aliphatic hydroxyl groups is 1. The summed E-state index contributed by atoms with van der Waals surface area (Å²) in [5, 5.41) is 17.2. The van der Waals surface area contributed by atoms with Crippen LogP contribution in [0.15, 0.2) is 24.4 Å². The normalized spacial score (nSPS) is 17.8. The summed E-state index contributed by atoms with van der Waals surface area (Å²) < 4.78 is 7.73. The second kappa shape index (κ2) is 11.2. The van der Waals surface area contributed by atoms with Crippen LogP contribution in [0.1, 0.15) is 43.7 Å². The van der Waals surface area contributed by atoms with Gasteiger partial charge in [-0.2, -0.15) is 10.1 Å².